The summed E-state index contributed by atoms with van der Waals surface area (Å²) in [7, 11) is 0. The van der Waals surface area contributed by atoms with Crippen molar-refractivity contribution in [3.05, 3.63) is 194 Å². The Morgan fingerprint density at radius 2 is 0.760 bits per heavy atom. The maximum Gasteiger partial charge on any atom is 0.0547 e. The Morgan fingerprint density at radius 3 is 1.48 bits per heavy atom. The van der Waals surface area contributed by atoms with Gasteiger partial charge < -0.3 is 9.13 Å². The minimum atomic E-state index is 1.17. The first kappa shape index (κ1) is 28.4. The average Bonchev–Trinajstić information content (AvgIpc) is 3.70. The summed E-state index contributed by atoms with van der Waals surface area (Å²) in [4.78, 5) is 0. The molecule has 0 N–H and O–H groups in total. The third-order valence-electron chi connectivity index (χ3n) is 10.1. The van der Waals surface area contributed by atoms with Gasteiger partial charge in [-0.25, -0.2) is 0 Å². The summed E-state index contributed by atoms with van der Waals surface area (Å²) in [5.74, 6) is 0. The van der Waals surface area contributed by atoms with Gasteiger partial charge in [0, 0.05) is 32.8 Å². The Kier molecular flexibility index (Phi) is 6.53. The summed E-state index contributed by atoms with van der Waals surface area (Å²) in [6, 6.07) is 70.4. The van der Waals surface area contributed by atoms with Crippen LogP contribution in [0.1, 0.15) is 0 Å². The van der Waals surface area contributed by atoms with Gasteiger partial charge in [-0.1, -0.05) is 140 Å². The lowest BCUT2D eigenvalue weighted by atomic mass is 9.99. The summed E-state index contributed by atoms with van der Waals surface area (Å²) in [6.07, 6.45) is 0. The summed E-state index contributed by atoms with van der Waals surface area (Å²) in [6.45, 7) is 0. The van der Waals surface area contributed by atoms with Gasteiger partial charge in [-0.2, -0.15) is 0 Å². The van der Waals surface area contributed by atoms with Crippen LogP contribution in [0, 0.1) is 0 Å². The van der Waals surface area contributed by atoms with E-state index in [1.165, 1.54) is 88.4 Å². The molecule has 0 amide bonds. The van der Waals surface area contributed by atoms with E-state index in [-0.39, 0.29) is 0 Å². The third-order valence-corrected chi connectivity index (χ3v) is 10.1. The van der Waals surface area contributed by atoms with Crippen molar-refractivity contribution >= 4 is 43.6 Å². The zero-order valence-electron chi connectivity index (χ0n) is 27.4. The van der Waals surface area contributed by atoms with Crippen LogP contribution in [-0.4, -0.2) is 9.13 Å². The van der Waals surface area contributed by atoms with Crippen molar-refractivity contribution in [3.8, 4) is 44.8 Å². The molecule has 2 nitrogen and oxygen atoms in total. The van der Waals surface area contributed by atoms with E-state index in [0.29, 0.717) is 0 Å². The predicted molar refractivity (Wildman–Crippen MR) is 211 cm³/mol. The molecule has 0 spiro atoms. The van der Waals surface area contributed by atoms with Crippen molar-refractivity contribution < 1.29 is 0 Å². The quantitative estimate of drug-likeness (QED) is 0.178. The van der Waals surface area contributed by atoms with Gasteiger partial charge in [0.05, 0.1) is 27.8 Å². The molecule has 0 aliphatic heterocycles. The second-order valence-corrected chi connectivity index (χ2v) is 13.0. The molecular weight excluding hydrogens is 605 g/mol. The number of hydrogen-bond donors (Lipinski definition) is 0. The van der Waals surface area contributed by atoms with Gasteiger partial charge >= 0.3 is 0 Å². The van der Waals surface area contributed by atoms with Crippen LogP contribution in [0.3, 0.4) is 0 Å². The van der Waals surface area contributed by atoms with E-state index in [4.69, 9.17) is 0 Å². The second kappa shape index (κ2) is 11.5. The van der Waals surface area contributed by atoms with Crippen molar-refractivity contribution in [2.45, 2.75) is 0 Å². The Balaban J connectivity index is 1.21. The van der Waals surface area contributed by atoms with E-state index in [1.54, 1.807) is 0 Å². The predicted octanol–water partition coefficient (Wildman–Crippen LogP) is 12.9. The largest absolute Gasteiger partial charge is 0.309 e. The fourth-order valence-electron chi connectivity index (χ4n) is 7.81. The van der Waals surface area contributed by atoms with Gasteiger partial charge in [-0.15, -0.1) is 0 Å². The number of hydrogen-bond acceptors (Lipinski definition) is 0. The first-order valence-corrected chi connectivity index (χ1v) is 17.2. The molecule has 2 heteroatoms. The van der Waals surface area contributed by atoms with E-state index in [9.17, 15) is 0 Å². The van der Waals surface area contributed by atoms with E-state index in [0.717, 1.165) is 0 Å². The molecule has 10 rings (SSSR count). The van der Waals surface area contributed by atoms with Crippen LogP contribution in [0.2, 0.25) is 0 Å². The monoisotopic (exact) mass is 636 g/mol. The van der Waals surface area contributed by atoms with Crippen LogP contribution >= 0.6 is 0 Å². The third kappa shape index (κ3) is 4.50. The molecule has 50 heavy (non-hydrogen) atoms. The van der Waals surface area contributed by atoms with Crippen LogP contribution in [0.15, 0.2) is 194 Å². The Hall–Kier alpha value is -6.64. The lowest BCUT2D eigenvalue weighted by molar-refractivity contribution is 1.18. The fourth-order valence-corrected chi connectivity index (χ4v) is 7.81. The molecule has 0 aliphatic rings. The van der Waals surface area contributed by atoms with Gasteiger partial charge in [-0.05, 0) is 82.4 Å². The summed E-state index contributed by atoms with van der Waals surface area (Å²) >= 11 is 0. The maximum atomic E-state index is 2.46. The van der Waals surface area contributed by atoms with Crippen LogP contribution < -0.4 is 0 Å². The average molecular weight is 637 g/mol. The zero-order chi connectivity index (χ0) is 33.0. The van der Waals surface area contributed by atoms with Gasteiger partial charge in [0.2, 0.25) is 0 Å². The molecule has 0 fully saturated rings. The number of nitrogens with zero attached hydrogens (tertiary/aromatic N) is 2. The molecule has 234 valence electrons. The molecule has 0 radical (unpaired) electrons. The van der Waals surface area contributed by atoms with Crippen LogP contribution in [0.5, 0.6) is 0 Å². The molecule has 0 aliphatic carbocycles. The lowest BCUT2D eigenvalue weighted by Gasteiger charge is -2.14. The van der Waals surface area contributed by atoms with E-state index < -0.39 is 0 Å². The van der Waals surface area contributed by atoms with E-state index in [1.807, 2.05) is 0 Å². The number of benzene rings is 8. The highest BCUT2D eigenvalue weighted by molar-refractivity contribution is 6.13. The van der Waals surface area contributed by atoms with E-state index >= 15 is 0 Å². The second-order valence-electron chi connectivity index (χ2n) is 13.0. The minimum absolute atomic E-state index is 1.17. The first-order valence-electron chi connectivity index (χ1n) is 17.2. The van der Waals surface area contributed by atoms with Crippen molar-refractivity contribution in [1.29, 1.82) is 0 Å². The van der Waals surface area contributed by atoms with Crippen LogP contribution in [0.25, 0.3) is 88.4 Å². The molecule has 2 aromatic heterocycles. The van der Waals surface area contributed by atoms with Crippen LogP contribution in [-0.2, 0) is 0 Å². The molecular formula is C48H32N2. The fraction of sp³-hybridized carbons (Fsp3) is 0. The van der Waals surface area contributed by atoms with Crippen molar-refractivity contribution in [2.24, 2.45) is 0 Å². The van der Waals surface area contributed by atoms with Gasteiger partial charge in [0.15, 0.2) is 0 Å². The highest BCUT2D eigenvalue weighted by Crippen LogP contribution is 2.41. The topological polar surface area (TPSA) is 9.86 Å². The van der Waals surface area contributed by atoms with Gasteiger partial charge in [0.25, 0.3) is 0 Å². The molecule has 0 atom stereocenters. The minimum Gasteiger partial charge on any atom is -0.309 e. The Morgan fingerprint density at radius 1 is 0.260 bits per heavy atom. The van der Waals surface area contributed by atoms with Gasteiger partial charge in [0.1, 0.15) is 0 Å². The zero-order valence-corrected chi connectivity index (χ0v) is 27.4. The van der Waals surface area contributed by atoms with Crippen molar-refractivity contribution in [2.75, 3.05) is 0 Å². The summed E-state index contributed by atoms with van der Waals surface area (Å²) < 4.78 is 4.83. The molecule has 10 aromatic rings. The smallest absolute Gasteiger partial charge is 0.0547 e. The standard InChI is InChI=1S/C48H32N2/c1-4-14-33(15-5-1)37-24-27-41-43-31-36(26-29-47(43)50(48(41)32-37)44-22-12-10-20-39(44)34-16-6-2-7-17-34)35-25-28-46-42(30-35)40-21-11-13-23-45(40)49(46)38-18-8-3-9-19-38/h1-32H. The lowest BCUT2D eigenvalue weighted by Crippen LogP contribution is -1.97. The summed E-state index contributed by atoms with van der Waals surface area (Å²) in [5, 5.41) is 5.00. The Labute approximate surface area is 290 Å². The van der Waals surface area contributed by atoms with Crippen LogP contribution in [0.4, 0.5) is 0 Å². The summed E-state index contributed by atoms with van der Waals surface area (Å²) in [5.41, 5.74) is 14.4. The molecule has 0 bridgehead atoms. The maximum absolute atomic E-state index is 2.46. The molecule has 0 saturated heterocycles. The Bertz CT molecular complexity index is 2840. The number of aromatic nitrogens is 2. The SMILES string of the molecule is c1ccc(-c2ccc3c4cc(-c5ccc6c(c5)c5ccccc5n6-c5ccccc5)ccc4n(-c4ccccc4-c4ccccc4)c3c2)cc1. The van der Waals surface area contributed by atoms with Gasteiger partial charge in [-0.3, -0.25) is 0 Å². The number of rotatable bonds is 5. The van der Waals surface area contributed by atoms with E-state index in [2.05, 4.69) is 203 Å². The first-order chi connectivity index (χ1) is 24.8. The number of para-hydroxylation sites is 3. The molecule has 2 heterocycles. The number of fused-ring (bicyclic) bond motifs is 6. The van der Waals surface area contributed by atoms with Crippen molar-refractivity contribution in [3.63, 3.8) is 0 Å². The highest BCUT2D eigenvalue weighted by Gasteiger charge is 2.18. The molecule has 0 unspecified atom stereocenters. The molecule has 0 saturated carbocycles. The van der Waals surface area contributed by atoms with Crippen molar-refractivity contribution in [1.82, 2.24) is 9.13 Å². The highest BCUT2D eigenvalue weighted by atomic mass is 15.0. The molecule has 8 aromatic carbocycles. The normalized spacial score (nSPS) is 11.6.